The van der Waals surface area contributed by atoms with E-state index in [0.29, 0.717) is 11.4 Å². The third kappa shape index (κ3) is 4.43. The fourth-order valence-electron chi connectivity index (χ4n) is 4.04. The second-order valence-electron chi connectivity index (χ2n) is 7.89. The normalized spacial score (nSPS) is 15.0. The molecule has 1 saturated heterocycles. The van der Waals surface area contributed by atoms with E-state index in [1.165, 1.54) is 21.5 Å². The van der Waals surface area contributed by atoms with Crippen LogP contribution in [0.1, 0.15) is 16.8 Å². The monoisotopic (exact) mass is 444 g/mol. The number of piperazine rings is 1. The van der Waals surface area contributed by atoms with Crippen LogP contribution < -0.4 is 10.5 Å². The summed E-state index contributed by atoms with van der Waals surface area (Å²) in [6.45, 7) is 9.16. The lowest BCUT2D eigenvalue weighted by atomic mass is 10.1. The Labute approximate surface area is 186 Å². The van der Waals surface area contributed by atoms with Gasteiger partial charge in [0.25, 0.3) is 5.56 Å². The van der Waals surface area contributed by atoms with E-state index in [-0.39, 0.29) is 10.6 Å². The highest BCUT2D eigenvalue weighted by Crippen LogP contribution is 2.23. The van der Waals surface area contributed by atoms with Crippen LogP contribution >= 0.6 is 23.2 Å². The second kappa shape index (κ2) is 8.88. The average molecular weight is 445 g/mol. The van der Waals surface area contributed by atoms with Crippen LogP contribution in [0.2, 0.25) is 10.0 Å². The number of hydrogen-bond donors (Lipinski definition) is 1. The van der Waals surface area contributed by atoms with Crippen LogP contribution in [-0.4, -0.2) is 47.4 Å². The van der Waals surface area contributed by atoms with Crippen LogP contribution in [0.25, 0.3) is 5.69 Å². The number of anilines is 1. The van der Waals surface area contributed by atoms with E-state index >= 15 is 0 Å². The van der Waals surface area contributed by atoms with Crippen molar-refractivity contribution in [3.63, 3.8) is 0 Å². The van der Waals surface area contributed by atoms with Crippen molar-refractivity contribution in [2.24, 2.45) is 0 Å². The van der Waals surface area contributed by atoms with E-state index < -0.39 is 0 Å². The molecule has 1 aliphatic heterocycles. The molecular formula is C23H26Cl2N4O. The van der Waals surface area contributed by atoms with Gasteiger partial charge in [0.15, 0.2) is 0 Å². The van der Waals surface area contributed by atoms with Crippen LogP contribution in [0, 0.1) is 13.8 Å². The van der Waals surface area contributed by atoms with Crippen molar-refractivity contribution < 1.29 is 0 Å². The van der Waals surface area contributed by atoms with Crippen molar-refractivity contribution in [1.82, 2.24) is 14.7 Å². The Kier molecular flexibility index (Phi) is 6.23. The molecule has 0 unspecified atom stereocenters. The van der Waals surface area contributed by atoms with Gasteiger partial charge < -0.3 is 4.90 Å². The number of H-pyrrole nitrogens is 1. The van der Waals surface area contributed by atoms with Gasteiger partial charge in [-0.25, -0.2) is 4.68 Å². The lowest BCUT2D eigenvalue weighted by Crippen LogP contribution is -2.47. The van der Waals surface area contributed by atoms with Crippen molar-refractivity contribution in [2.45, 2.75) is 20.3 Å². The number of rotatable bonds is 5. The molecule has 4 rings (SSSR count). The molecule has 7 heteroatoms. The SMILES string of the molecule is Cc1ccc(N2CCN(CCc3[nH]n(-c4ccc(Cl)cc4)c(=O)c3Cl)CC2)c(C)c1. The van der Waals surface area contributed by atoms with Gasteiger partial charge in [-0.3, -0.25) is 14.8 Å². The number of benzene rings is 2. The Morgan fingerprint density at radius 3 is 2.33 bits per heavy atom. The largest absolute Gasteiger partial charge is 0.369 e. The van der Waals surface area contributed by atoms with Gasteiger partial charge in [0.2, 0.25) is 0 Å². The molecule has 30 heavy (non-hydrogen) atoms. The van der Waals surface area contributed by atoms with Crippen LogP contribution in [-0.2, 0) is 6.42 Å². The first-order chi connectivity index (χ1) is 14.4. The van der Waals surface area contributed by atoms with Crippen molar-refractivity contribution in [2.75, 3.05) is 37.6 Å². The van der Waals surface area contributed by atoms with Gasteiger partial charge in [0.05, 0.1) is 11.4 Å². The molecule has 1 fully saturated rings. The molecule has 5 nitrogen and oxygen atoms in total. The summed E-state index contributed by atoms with van der Waals surface area (Å²) in [4.78, 5) is 17.4. The summed E-state index contributed by atoms with van der Waals surface area (Å²) in [6, 6.07) is 13.8. The van der Waals surface area contributed by atoms with Crippen LogP contribution in [0.15, 0.2) is 47.3 Å². The Bertz CT molecular complexity index is 1080. The summed E-state index contributed by atoms with van der Waals surface area (Å²) >= 11 is 12.3. The van der Waals surface area contributed by atoms with Gasteiger partial charge in [-0.1, -0.05) is 40.9 Å². The lowest BCUT2D eigenvalue weighted by molar-refractivity contribution is 0.260. The van der Waals surface area contributed by atoms with Gasteiger partial charge in [0, 0.05) is 49.9 Å². The molecule has 0 bridgehead atoms. The molecule has 2 heterocycles. The second-order valence-corrected chi connectivity index (χ2v) is 8.70. The predicted octanol–water partition coefficient (Wildman–Crippen LogP) is 4.45. The Morgan fingerprint density at radius 1 is 0.967 bits per heavy atom. The molecule has 1 aliphatic rings. The third-order valence-electron chi connectivity index (χ3n) is 5.73. The fourth-order valence-corrected chi connectivity index (χ4v) is 4.39. The molecule has 158 valence electrons. The van der Waals surface area contributed by atoms with Gasteiger partial charge in [0.1, 0.15) is 5.02 Å². The highest BCUT2D eigenvalue weighted by molar-refractivity contribution is 6.31. The molecule has 0 aliphatic carbocycles. The van der Waals surface area contributed by atoms with Gasteiger partial charge >= 0.3 is 0 Å². The maximum Gasteiger partial charge on any atom is 0.290 e. The zero-order chi connectivity index (χ0) is 21.3. The van der Waals surface area contributed by atoms with E-state index in [2.05, 4.69) is 46.9 Å². The van der Waals surface area contributed by atoms with Crippen LogP contribution in [0.5, 0.6) is 0 Å². The highest BCUT2D eigenvalue weighted by Gasteiger charge is 2.20. The molecule has 0 saturated carbocycles. The minimum absolute atomic E-state index is 0.228. The Balaban J connectivity index is 1.37. The topological polar surface area (TPSA) is 44.3 Å². The van der Waals surface area contributed by atoms with Crippen molar-refractivity contribution >= 4 is 28.9 Å². The standard InChI is InChI=1S/C23H26Cl2N4O/c1-16-3-8-21(17(2)15-16)28-13-11-27(12-14-28)10-9-20-22(25)23(30)29(26-20)19-6-4-18(24)5-7-19/h3-8,15,26H,9-14H2,1-2H3. The molecular weight excluding hydrogens is 419 g/mol. The summed E-state index contributed by atoms with van der Waals surface area (Å²) < 4.78 is 1.48. The van der Waals surface area contributed by atoms with E-state index in [0.717, 1.165) is 44.1 Å². The van der Waals surface area contributed by atoms with Gasteiger partial charge in [-0.15, -0.1) is 0 Å². The van der Waals surface area contributed by atoms with Crippen molar-refractivity contribution in [1.29, 1.82) is 0 Å². The van der Waals surface area contributed by atoms with Gasteiger partial charge in [-0.2, -0.15) is 0 Å². The summed E-state index contributed by atoms with van der Waals surface area (Å²) in [5.41, 5.74) is 5.22. The molecule has 2 aromatic carbocycles. The van der Waals surface area contributed by atoms with Gasteiger partial charge in [-0.05, 0) is 49.7 Å². The Hall–Kier alpha value is -2.21. The molecule has 0 spiro atoms. The van der Waals surface area contributed by atoms with E-state index in [1.54, 1.807) is 24.3 Å². The number of hydrogen-bond acceptors (Lipinski definition) is 3. The fraction of sp³-hybridized carbons (Fsp3) is 0.348. The predicted molar refractivity (Wildman–Crippen MR) is 125 cm³/mol. The quantitative estimate of drug-likeness (QED) is 0.631. The number of halogens is 2. The molecule has 0 radical (unpaired) electrons. The zero-order valence-corrected chi connectivity index (χ0v) is 18.8. The zero-order valence-electron chi connectivity index (χ0n) is 17.3. The lowest BCUT2D eigenvalue weighted by Gasteiger charge is -2.36. The number of nitrogens with zero attached hydrogens (tertiary/aromatic N) is 3. The molecule has 1 aromatic heterocycles. The summed E-state index contributed by atoms with van der Waals surface area (Å²) in [5.74, 6) is 0. The summed E-state index contributed by atoms with van der Waals surface area (Å²) in [7, 11) is 0. The van der Waals surface area contributed by atoms with Crippen LogP contribution in [0.4, 0.5) is 5.69 Å². The van der Waals surface area contributed by atoms with Crippen molar-refractivity contribution in [3.8, 4) is 5.69 Å². The van der Waals surface area contributed by atoms with E-state index in [1.807, 2.05) is 0 Å². The number of aromatic nitrogens is 2. The number of aryl methyl sites for hydroxylation is 2. The first kappa shape index (κ1) is 21.0. The first-order valence-electron chi connectivity index (χ1n) is 10.2. The third-order valence-corrected chi connectivity index (χ3v) is 6.37. The maximum absolute atomic E-state index is 12.5. The molecule has 1 N–H and O–H groups in total. The smallest absolute Gasteiger partial charge is 0.290 e. The summed E-state index contributed by atoms with van der Waals surface area (Å²) in [6.07, 6.45) is 0.707. The minimum Gasteiger partial charge on any atom is -0.369 e. The number of nitrogens with one attached hydrogen (secondary N) is 1. The van der Waals surface area contributed by atoms with Crippen molar-refractivity contribution in [3.05, 3.63) is 79.7 Å². The molecule has 0 atom stereocenters. The number of aromatic amines is 1. The maximum atomic E-state index is 12.5. The molecule has 0 amide bonds. The van der Waals surface area contributed by atoms with E-state index in [4.69, 9.17) is 23.2 Å². The Morgan fingerprint density at radius 2 is 1.67 bits per heavy atom. The first-order valence-corrected chi connectivity index (χ1v) is 11.0. The average Bonchev–Trinajstić information content (AvgIpc) is 3.02. The minimum atomic E-state index is -0.228. The highest BCUT2D eigenvalue weighted by atomic mass is 35.5. The summed E-state index contributed by atoms with van der Waals surface area (Å²) in [5, 5.41) is 4.06. The molecule has 3 aromatic rings. The van der Waals surface area contributed by atoms with E-state index in [9.17, 15) is 4.79 Å². The van der Waals surface area contributed by atoms with Crippen LogP contribution in [0.3, 0.4) is 0 Å².